The van der Waals surface area contributed by atoms with E-state index >= 15 is 0 Å². The number of hydrogen-bond acceptors (Lipinski definition) is 2. The van der Waals surface area contributed by atoms with Crippen molar-refractivity contribution in [1.29, 1.82) is 0 Å². The first-order valence-corrected chi connectivity index (χ1v) is 7.29. The Balaban J connectivity index is 2.71. The van der Waals surface area contributed by atoms with Crippen LogP contribution in [-0.4, -0.2) is 22.5 Å². The average molecular weight is 342 g/mol. The molecule has 1 amide bonds. The second-order valence-corrected chi connectivity index (χ2v) is 6.41. The van der Waals surface area contributed by atoms with E-state index in [0.717, 1.165) is 10.0 Å². The fourth-order valence-corrected chi connectivity index (χ4v) is 2.12. The molecule has 1 atom stereocenters. The van der Waals surface area contributed by atoms with E-state index in [2.05, 4.69) is 21.2 Å². The third-order valence-electron chi connectivity index (χ3n) is 3.50. The Morgan fingerprint density at radius 1 is 1.30 bits per heavy atom. The van der Waals surface area contributed by atoms with Crippen molar-refractivity contribution in [2.75, 3.05) is 0 Å². The van der Waals surface area contributed by atoms with Gasteiger partial charge in [-0.2, -0.15) is 0 Å². The summed E-state index contributed by atoms with van der Waals surface area (Å²) >= 11 is 3.34. The van der Waals surface area contributed by atoms with Crippen LogP contribution in [0.4, 0.5) is 0 Å². The van der Waals surface area contributed by atoms with E-state index in [1.807, 2.05) is 38.1 Å². The largest absolute Gasteiger partial charge is 0.481 e. The number of rotatable bonds is 6. The molecule has 0 aliphatic rings. The van der Waals surface area contributed by atoms with Crippen LogP contribution in [0, 0.1) is 5.92 Å². The number of carbonyl (C=O) groups is 2. The molecular formula is C15H20BrNO3. The minimum absolute atomic E-state index is 0.0347. The number of nitrogens with one attached hydrogen (secondary N) is 1. The first kappa shape index (κ1) is 16.7. The normalized spacial score (nSPS) is 13.8. The highest BCUT2D eigenvalue weighted by Crippen LogP contribution is 2.21. The number of benzene rings is 1. The van der Waals surface area contributed by atoms with Crippen molar-refractivity contribution in [2.24, 2.45) is 5.92 Å². The molecule has 5 heteroatoms. The Labute approximate surface area is 127 Å². The summed E-state index contributed by atoms with van der Waals surface area (Å²) in [5.41, 5.74) is 0.158. The minimum atomic E-state index is -0.912. The van der Waals surface area contributed by atoms with Gasteiger partial charge in [-0.25, -0.2) is 0 Å². The van der Waals surface area contributed by atoms with Gasteiger partial charge < -0.3 is 10.4 Å². The molecule has 1 aromatic rings. The molecule has 0 spiro atoms. The summed E-state index contributed by atoms with van der Waals surface area (Å²) in [5, 5.41) is 11.8. The Morgan fingerprint density at radius 3 is 2.30 bits per heavy atom. The molecule has 0 aliphatic heterocycles. The summed E-state index contributed by atoms with van der Waals surface area (Å²) in [7, 11) is 0. The maximum Gasteiger partial charge on any atom is 0.305 e. The van der Waals surface area contributed by atoms with E-state index in [1.165, 1.54) is 0 Å². The summed E-state index contributed by atoms with van der Waals surface area (Å²) in [6, 6.07) is 7.49. The number of amides is 1. The maximum atomic E-state index is 12.1. The number of carbonyl (C=O) groups excluding carboxylic acids is 1. The Morgan fingerprint density at radius 2 is 1.85 bits per heavy atom. The highest BCUT2D eigenvalue weighted by atomic mass is 79.9. The van der Waals surface area contributed by atoms with Crippen LogP contribution in [-0.2, 0) is 16.0 Å². The number of hydrogen-bond donors (Lipinski definition) is 2. The van der Waals surface area contributed by atoms with Gasteiger partial charge >= 0.3 is 5.97 Å². The van der Waals surface area contributed by atoms with E-state index in [4.69, 9.17) is 5.11 Å². The first-order valence-electron chi connectivity index (χ1n) is 6.50. The fourth-order valence-electron chi connectivity index (χ4n) is 1.86. The van der Waals surface area contributed by atoms with Crippen molar-refractivity contribution in [2.45, 2.75) is 39.2 Å². The van der Waals surface area contributed by atoms with Gasteiger partial charge in [-0.1, -0.05) is 41.9 Å². The quantitative estimate of drug-likeness (QED) is 0.835. The molecule has 0 aliphatic carbocycles. The van der Waals surface area contributed by atoms with E-state index in [9.17, 15) is 9.59 Å². The zero-order valence-corrected chi connectivity index (χ0v) is 13.5. The fraction of sp³-hybridized carbons (Fsp3) is 0.467. The smallest absolute Gasteiger partial charge is 0.305 e. The van der Waals surface area contributed by atoms with Crippen LogP contribution in [0.5, 0.6) is 0 Å². The monoisotopic (exact) mass is 341 g/mol. The standard InChI is InChI=1S/C15H20BrNO3/c1-10(2)15(3,9-14(19)20)17-13(18)8-11-4-6-12(16)7-5-11/h4-7,10H,8-9H2,1-3H3,(H,17,18)(H,19,20). The number of carboxylic acids is 1. The molecule has 0 bridgehead atoms. The molecule has 0 fully saturated rings. The Bertz CT molecular complexity index is 484. The molecule has 110 valence electrons. The van der Waals surface area contributed by atoms with Crippen molar-refractivity contribution in [1.82, 2.24) is 5.32 Å². The summed E-state index contributed by atoms with van der Waals surface area (Å²) in [4.78, 5) is 23.0. The van der Waals surface area contributed by atoms with Gasteiger partial charge in [-0.05, 0) is 30.5 Å². The van der Waals surface area contributed by atoms with E-state index in [1.54, 1.807) is 6.92 Å². The topological polar surface area (TPSA) is 66.4 Å². The van der Waals surface area contributed by atoms with Crippen LogP contribution in [0.2, 0.25) is 0 Å². The lowest BCUT2D eigenvalue weighted by Crippen LogP contribution is -2.51. The molecule has 4 nitrogen and oxygen atoms in total. The Kier molecular flexibility index (Phi) is 5.74. The number of halogens is 1. The van der Waals surface area contributed by atoms with Gasteiger partial charge in [-0.3, -0.25) is 9.59 Å². The molecule has 1 aromatic carbocycles. The zero-order valence-electron chi connectivity index (χ0n) is 11.9. The van der Waals surface area contributed by atoms with Gasteiger partial charge in [0, 0.05) is 10.0 Å². The molecular weight excluding hydrogens is 322 g/mol. The lowest BCUT2D eigenvalue weighted by Gasteiger charge is -2.33. The van der Waals surface area contributed by atoms with Gasteiger partial charge in [0.25, 0.3) is 0 Å². The number of carboxylic acid groups (broad SMARTS) is 1. The third kappa shape index (κ3) is 4.96. The molecule has 0 heterocycles. The predicted octanol–water partition coefficient (Wildman–Crippen LogP) is 3.00. The highest BCUT2D eigenvalue weighted by Gasteiger charge is 2.32. The van der Waals surface area contributed by atoms with Crippen molar-refractivity contribution in [3.05, 3.63) is 34.3 Å². The highest BCUT2D eigenvalue weighted by molar-refractivity contribution is 9.10. The molecule has 2 N–H and O–H groups in total. The number of aliphatic carboxylic acids is 1. The zero-order chi connectivity index (χ0) is 15.3. The molecule has 1 unspecified atom stereocenters. The van der Waals surface area contributed by atoms with Crippen LogP contribution < -0.4 is 5.32 Å². The molecule has 1 rings (SSSR count). The molecule has 20 heavy (non-hydrogen) atoms. The van der Waals surface area contributed by atoms with E-state index in [-0.39, 0.29) is 24.7 Å². The minimum Gasteiger partial charge on any atom is -0.481 e. The Hall–Kier alpha value is -1.36. The van der Waals surface area contributed by atoms with Gasteiger partial charge in [-0.15, -0.1) is 0 Å². The van der Waals surface area contributed by atoms with Gasteiger partial charge in [0.15, 0.2) is 0 Å². The summed E-state index contributed by atoms with van der Waals surface area (Å²) in [5.74, 6) is -1.04. The van der Waals surface area contributed by atoms with Crippen LogP contribution in [0.3, 0.4) is 0 Å². The summed E-state index contributed by atoms with van der Waals surface area (Å²) in [6.07, 6.45) is 0.159. The first-order chi connectivity index (χ1) is 9.23. The van der Waals surface area contributed by atoms with E-state index in [0.29, 0.717) is 0 Å². The van der Waals surface area contributed by atoms with Crippen molar-refractivity contribution < 1.29 is 14.7 Å². The summed E-state index contributed by atoms with van der Waals surface area (Å²) < 4.78 is 0.958. The van der Waals surface area contributed by atoms with Gasteiger partial charge in [0.1, 0.15) is 0 Å². The second kappa shape index (κ2) is 6.88. The molecule has 0 aromatic heterocycles. The van der Waals surface area contributed by atoms with Gasteiger partial charge in [0.2, 0.25) is 5.91 Å². The lowest BCUT2D eigenvalue weighted by atomic mass is 9.85. The SMILES string of the molecule is CC(C)C(C)(CC(=O)O)NC(=O)Cc1ccc(Br)cc1. The average Bonchev–Trinajstić information content (AvgIpc) is 2.30. The molecule has 0 saturated heterocycles. The van der Waals surface area contributed by atoms with Crippen LogP contribution in [0.15, 0.2) is 28.7 Å². The van der Waals surface area contributed by atoms with Crippen molar-refractivity contribution >= 4 is 27.8 Å². The van der Waals surface area contributed by atoms with Gasteiger partial charge in [0.05, 0.1) is 12.8 Å². The third-order valence-corrected chi connectivity index (χ3v) is 4.02. The lowest BCUT2D eigenvalue weighted by molar-refractivity contribution is -0.139. The van der Waals surface area contributed by atoms with Crippen LogP contribution in [0.25, 0.3) is 0 Å². The van der Waals surface area contributed by atoms with E-state index < -0.39 is 11.5 Å². The predicted molar refractivity (Wildman–Crippen MR) is 81.5 cm³/mol. The van der Waals surface area contributed by atoms with Crippen molar-refractivity contribution in [3.63, 3.8) is 0 Å². The second-order valence-electron chi connectivity index (χ2n) is 5.49. The maximum absolute atomic E-state index is 12.1. The van der Waals surface area contributed by atoms with Crippen LogP contribution >= 0.6 is 15.9 Å². The summed E-state index contributed by atoms with van der Waals surface area (Å²) in [6.45, 7) is 5.58. The molecule has 0 saturated carbocycles. The molecule has 0 radical (unpaired) electrons. The van der Waals surface area contributed by atoms with Crippen LogP contribution in [0.1, 0.15) is 32.8 Å². The van der Waals surface area contributed by atoms with Crippen molar-refractivity contribution in [3.8, 4) is 0 Å².